The van der Waals surface area contributed by atoms with Crippen molar-refractivity contribution in [3.63, 3.8) is 0 Å². The smallest absolute Gasteiger partial charge is 0.269 e. The van der Waals surface area contributed by atoms with Crippen LogP contribution < -0.4 is 14.2 Å². The normalized spacial score (nSPS) is 9.18. The molecule has 174 valence electrons. The van der Waals surface area contributed by atoms with Gasteiger partial charge in [-0.3, -0.25) is 19.7 Å². The zero-order valence-corrected chi connectivity index (χ0v) is 18.1. The number of nitro benzene ring substituents is 1. The number of hydrogen-bond acceptors (Lipinski definition) is 9. The van der Waals surface area contributed by atoms with Gasteiger partial charge >= 0.3 is 0 Å². The van der Waals surface area contributed by atoms with Gasteiger partial charge in [0.15, 0.2) is 23.0 Å². The Morgan fingerprint density at radius 1 is 0.758 bits per heavy atom. The first-order valence-electron chi connectivity index (χ1n) is 9.23. The number of carbonyl (C=O) groups is 2. The minimum atomic E-state index is -0.417. The molecule has 0 unspecified atom stereocenters. The first-order chi connectivity index (χ1) is 15.8. The summed E-state index contributed by atoms with van der Waals surface area (Å²) in [5, 5.41) is 28.5. The van der Waals surface area contributed by atoms with E-state index in [4.69, 9.17) is 19.3 Å². The number of para-hydroxylation sites is 1. The SMILES string of the molecule is COc1cc(C=O)cc(OC)c1O.COc1cc(C=O)ccc1O.O=[N+]([O-])c1ccccc1. The fourth-order valence-electron chi connectivity index (χ4n) is 2.30. The van der Waals surface area contributed by atoms with Crippen LogP contribution >= 0.6 is 0 Å². The van der Waals surface area contributed by atoms with Crippen molar-refractivity contribution in [2.24, 2.45) is 0 Å². The third-order valence-corrected chi connectivity index (χ3v) is 3.95. The summed E-state index contributed by atoms with van der Waals surface area (Å²) in [6.45, 7) is 0. The second-order valence-electron chi connectivity index (χ2n) is 6.03. The highest BCUT2D eigenvalue weighted by atomic mass is 16.6. The van der Waals surface area contributed by atoms with E-state index in [9.17, 15) is 24.8 Å². The second-order valence-corrected chi connectivity index (χ2v) is 6.03. The Morgan fingerprint density at radius 3 is 1.64 bits per heavy atom. The monoisotopic (exact) mass is 457 g/mol. The van der Waals surface area contributed by atoms with Crippen molar-refractivity contribution >= 4 is 18.3 Å². The fraction of sp³-hybridized carbons (Fsp3) is 0.130. The van der Waals surface area contributed by atoms with E-state index >= 15 is 0 Å². The molecule has 0 spiro atoms. The molecule has 0 aliphatic carbocycles. The zero-order valence-electron chi connectivity index (χ0n) is 18.1. The number of nitrogens with zero attached hydrogens (tertiary/aromatic N) is 1. The molecule has 3 rings (SSSR count). The Hall–Kier alpha value is -4.60. The molecule has 3 aromatic rings. The minimum absolute atomic E-state index is 0.0399. The van der Waals surface area contributed by atoms with Crippen molar-refractivity contribution in [2.45, 2.75) is 0 Å². The van der Waals surface area contributed by atoms with E-state index < -0.39 is 4.92 Å². The lowest BCUT2D eigenvalue weighted by Crippen LogP contribution is -1.91. The molecule has 0 heterocycles. The van der Waals surface area contributed by atoms with E-state index in [1.165, 1.54) is 63.8 Å². The molecule has 0 saturated carbocycles. The maximum atomic E-state index is 10.5. The molecule has 2 N–H and O–H groups in total. The van der Waals surface area contributed by atoms with Crippen molar-refractivity contribution in [3.8, 4) is 28.7 Å². The van der Waals surface area contributed by atoms with Crippen LogP contribution in [0.25, 0.3) is 0 Å². The molecular weight excluding hydrogens is 434 g/mol. The highest BCUT2D eigenvalue weighted by molar-refractivity contribution is 5.78. The molecular formula is C23H23NO9. The average Bonchev–Trinajstić information content (AvgIpc) is 2.85. The lowest BCUT2D eigenvalue weighted by atomic mass is 10.2. The van der Waals surface area contributed by atoms with Gasteiger partial charge in [-0.2, -0.15) is 0 Å². The highest BCUT2D eigenvalue weighted by Gasteiger charge is 2.10. The van der Waals surface area contributed by atoms with Gasteiger partial charge in [0.2, 0.25) is 5.75 Å². The van der Waals surface area contributed by atoms with Crippen LogP contribution in [0.2, 0.25) is 0 Å². The van der Waals surface area contributed by atoms with Crippen LogP contribution in [-0.2, 0) is 0 Å². The lowest BCUT2D eigenvalue weighted by Gasteiger charge is -2.08. The van der Waals surface area contributed by atoms with Gasteiger partial charge < -0.3 is 24.4 Å². The van der Waals surface area contributed by atoms with Gasteiger partial charge in [-0.1, -0.05) is 18.2 Å². The molecule has 3 aromatic carbocycles. The van der Waals surface area contributed by atoms with Crippen LogP contribution in [-0.4, -0.2) is 49.0 Å². The maximum absolute atomic E-state index is 10.5. The lowest BCUT2D eigenvalue weighted by molar-refractivity contribution is -0.384. The van der Waals surface area contributed by atoms with Gasteiger partial charge in [0.25, 0.3) is 5.69 Å². The molecule has 0 radical (unpaired) electrons. The number of nitro groups is 1. The van der Waals surface area contributed by atoms with E-state index in [-0.39, 0.29) is 28.7 Å². The Labute approximate surface area is 189 Å². The second kappa shape index (κ2) is 13.7. The topological polar surface area (TPSA) is 145 Å². The van der Waals surface area contributed by atoms with Crippen LogP contribution in [0.15, 0.2) is 60.7 Å². The third kappa shape index (κ3) is 8.21. The number of aldehydes is 2. The van der Waals surface area contributed by atoms with Crippen molar-refractivity contribution in [1.82, 2.24) is 0 Å². The van der Waals surface area contributed by atoms with E-state index in [1.54, 1.807) is 18.2 Å². The number of benzene rings is 3. The first kappa shape index (κ1) is 26.4. The summed E-state index contributed by atoms with van der Waals surface area (Å²) in [6, 6.07) is 15.2. The summed E-state index contributed by atoms with van der Waals surface area (Å²) in [4.78, 5) is 30.3. The number of phenolic OH excluding ortho intramolecular Hbond substituents is 2. The Balaban J connectivity index is 0.000000252. The van der Waals surface area contributed by atoms with E-state index in [0.717, 1.165) is 0 Å². The maximum Gasteiger partial charge on any atom is 0.269 e. The Bertz CT molecular complexity index is 1040. The Kier molecular flexibility index (Phi) is 10.9. The van der Waals surface area contributed by atoms with Crippen LogP contribution in [0.1, 0.15) is 20.7 Å². The number of rotatable bonds is 6. The number of hydrogen-bond donors (Lipinski definition) is 2. The molecule has 0 aliphatic rings. The third-order valence-electron chi connectivity index (χ3n) is 3.95. The summed E-state index contributed by atoms with van der Waals surface area (Å²) in [7, 11) is 4.25. The standard InChI is InChI=1S/C9H10O4.C8H8O3.C6H5NO2/c1-12-7-3-6(5-10)4-8(13-2)9(7)11;1-11-8-4-6(5-9)2-3-7(8)10;8-7(9)6-4-2-1-3-5-6/h3-5,11H,1-2H3;2-5,10H,1H3;1-5H. The summed E-state index contributed by atoms with van der Waals surface area (Å²) in [6.07, 6.45) is 1.35. The van der Waals surface area contributed by atoms with E-state index in [2.05, 4.69) is 0 Å². The van der Waals surface area contributed by atoms with E-state index in [1.807, 2.05) is 0 Å². The van der Waals surface area contributed by atoms with Crippen molar-refractivity contribution in [2.75, 3.05) is 21.3 Å². The quantitative estimate of drug-likeness (QED) is 0.318. The number of aromatic hydroxyl groups is 2. The number of non-ortho nitro benzene ring substituents is 1. The summed E-state index contributed by atoms with van der Waals surface area (Å²) < 4.78 is 14.5. The van der Waals surface area contributed by atoms with Gasteiger partial charge in [-0.25, -0.2) is 0 Å². The molecule has 0 atom stereocenters. The molecule has 0 aliphatic heterocycles. The first-order valence-corrected chi connectivity index (χ1v) is 9.23. The van der Waals surface area contributed by atoms with Crippen molar-refractivity contribution in [1.29, 1.82) is 0 Å². The molecule has 33 heavy (non-hydrogen) atoms. The van der Waals surface area contributed by atoms with Crippen LogP contribution in [0.4, 0.5) is 5.69 Å². The molecule has 10 nitrogen and oxygen atoms in total. The summed E-state index contributed by atoms with van der Waals surface area (Å²) in [5.41, 5.74) is 1.02. The largest absolute Gasteiger partial charge is 0.504 e. The van der Waals surface area contributed by atoms with Gasteiger partial charge in [0, 0.05) is 23.3 Å². The van der Waals surface area contributed by atoms with Gasteiger partial charge in [0.1, 0.15) is 12.6 Å². The molecule has 0 aromatic heterocycles. The highest BCUT2D eigenvalue weighted by Crippen LogP contribution is 2.36. The van der Waals surface area contributed by atoms with Crippen molar-refractivity contribution in [3.05, 3.63) is 81.9 Å². The molecule has 0 bridgehead atoms. The number of phenols is 2. The summed E-state index contributed by atoms with van der Waals surface area (Å²) >= 11 is 0. The van der Waals surface area contributed by atoms with Crippen LogP contribution in [0.5, 0.6) is 28.7 Å². The van der Waals surface area contributed by atoms with Gasteiger partial charge in [0.05, 0.1) is 26.3 Å². The predicted octanol–water partition coefficient (Wildman–Crippen LogP) is 4.03. The zero-order chi connectivity index (χ0) is 24.8. The molecule has 0 fully saturated rings. The van der Waals surface area contributed by atoms with E-state index in [0.29, 0.717) is 29.4 Å². The molecule has 0 amide bonds. The molecule has 10 heteroatoms. The number of ether oxygens (including phenoxy) is 3. The van der Waals surface area contributed by atoms with Crippen LogP contribution in [0, 0.1) is 10.1 Å². The number of methoxy groups -OCH3 is 3. The predicted molar refractivity (Wildman–Crippen MR) is 120 cm³/mol. The van der Waals surface area contributed by atoms with Crippen LogP contribution in [0.3, 0.4) is 0 Å². The number of carbonyl (C=O) groups excluding carboxylic acids is 2. The fourth-order valence-corrected chi connectivity index (χ4v) is 2.30. The van der Waals surface area contributed by atoms with Gasteiger partial charge in [-0.05, 0) is 30.3 Å². The average molecular weight is 457 g/mol. The van der Waals surface area contributed by atoms with Gasteiger partial charge in [-0.15, -0.1) is 0 Å². The molecule has 0 saturated heterocycles. The van der Waals surface area contributed by atoms with Crippen molar-refractivity contribution < 1.29 is 38.9 Å². The Morgan fingerprint density at radius 2 is 1.24 bits per heavy atom. The minimum Gasteiger partial charge on any atom is -0.504 e. The summed E-state index contributed by atoms with van der Waals surface area (Å²) in [5.74, 6) is 0.700.